The lowest BCUT2D eigenvalue weighted by Crippen LogP contribution is -2.14. The number of benzene rings is 2. The zero-order valence-corrected chi connectivity index (χ0v) is 18.0. The Hall–Kier alpha value is -2.62. The summed E-state index contributed by atoms with van der Waals surface area (Å²) < 4.78 is 0.670. The predicted molar refractivity (Wildman–Crippen MR) is 119 cm³/mol. The lowest BCUT2D eigenvalue weighted by atomic mass is 10.2. The average molecular weight is 448 g/mol. The summed E-state index contributed by atoms with van der Waals surface area (Å²) in [6, 6.07) is 12.7. The summed E-state index contributed by atoms with van der Waals surface area (Å²) in [7, 11) is 0. The van der Waals surface area contributed by atoms with E-state index in [1.165, 1.54) is 30.0 Å². The van der Waals surface area contributed by atoms with Crippen LogP contribution in [0.3, 0.4) is 0 Å². The summed E-state index contributed by atoms with van der Waals surface area (Å²) in [5.41, 5.74) is 2.99. The minimum atomic E-state index is -0.145. The van der Waals surface area contributed by atoms with Crippen molar-refractivity contribution in [2.75, 3.05) is 21.7 Å². The molecule has 2 amide bonds. The summed E-state index contributed by atoms with van der Waals surface area (Å²) in [5.74, 6) is -0.0745. The van der Waals surface area contributed by atoms with Gasteiger partial charge in [-0.3, -0.25) is 9.59 Å². The molecule has 3 aromatic rings. The molecule has 150 valence electrons. The Kier molecular flexibility index (Phi) is 7.08. The lowest BCUT2D eigenvalue weighted by molar-refractivity contribution is -0.114. The number of hydrogen-bond acceptors (Lipinski definition) is 7. The molecule has 0 fully saturated rings. The number of thioether (sulfide) groups is 1. The summed E-state index contributed by atoms with van der Waals surface area (Å²) in [6.07, 6.45) is 0. The van der Waals surface area contributed by atoms with E-state index in [-0.39, 0.29) is 17.6 Å². The van der Waals surface area contributed by atoms with E-state index in [9.17, 15) is 9.59 Å². The molecular weight excluding hydrogens is 430 g/mol. The maximum atomic E-state index is 12.2. The zero-order chi connectivity index (χ0) is 20.8. The first-order chi connectivity index (χ1) is 13.9. The van der Waals surface area contributed by atoms with Crippen LogP contribution in [0.15, 0.2) is 46.8 Å². The van der Waals surface area contributed by atoms with E-state index in [1.807, 2.05) is 25.1 Å². The van der Waals surface area contributed by atoms with Crippen molar-refractivity contribution < 1.29 is 9.59 Å². The Balaban J connectivity index is 1.54. The van der Waals surface area contributed by atoms with Crippen LogP contribution in [-0.2, 0) is 9.59 Å². The van der Waals surface area contributed by atoms with Crippen LogP contribution in [0.25, 0.3) is 0 Å². The minimum absolute atomic E-state index is 0.136. The highest BCUT2D eigenvalue weighted by Crippen LogP contribution is 2.29. The van der Waals surface area contributed by atoms with Gasteiger partial charge in [0, 0.05) is 29.0 Å². The topological polar surface area (TPSA) is 96.0 Å². The summed E-state index contributed by atoms with van der Waals surface area (Å²) in [5, 5.41) is 18.1. The number of aromatic nitrogens is 2. The highest BCUT2D eigenvalue weighted by atomic mass is 35.5. The molecule has 1 aromatic heterocycles. The third-order valence-electron chi connectivity index (χ3n) is 3.71. The molecule has 0 unspecified atom stereocenters. The van der Waals surface area contributed by atoms with Gasteiger partial charge in [-0.15, -0.1) is 10.2 Å². The van der Waals surface area contributed by atoms with Gasteiger partial charge in [0.05, 0.1) is 5.75 Å². The van der Waals surface area contributed by atoms with Crippen molar-refractivity contribution >= 4 is 68.7 Å². The van der Waals surface area contributed by atoms with E-state index in [1.54, 1.807) is 24.3 Å². The van der Waals surface area contributed by atoms with Gasteiger partial charge in [-0.2, -0.15) is 0 Å². The van der Waals surface area contributed by atoms with Crippen molar-refractivity contribution in [2.24, 2.45) is 0 Å². The maximum Gasteiger partial charge on any atom is 0.234 e. The number of halogens is 1. The minimum Gasteiger partial charge on any atom is -0.330 e. The Labute approximate surface area is 181 Å². The Morgan fingerprint density at radius 1 is 1.10 bits per heavy atom. The van der Waals surface area contributed by atoms with Crippen LogP contribution in [0, 0.1) is 6.92 Å². The molecule has 0 bridgehead atoms. The summed E-state index contributed by atoms with van der Waals surface area (Å²) in [4.78, 5) is 23.4. The van der Waals surface area contributed by atoms with Crippen LogP contribution >= 0.6 is 34.7 Å². The molecule has 2 aromatic carbocycles. The number of amides is 2. The number of carbonyl (C=O) groups excluding carboxylic acids is 2. The number of carbonyl (C=O) groups is 2. The molecule has 3 rings (SSSR count). The fraction of sp³-hybridized carbons (Fsp3) is 0.158. The molecule has 0 radical (unpaired) electrons. The summed E-state index contributed by atoms with van der Waals surface area (Å²) >= 11 is 8.72. The van der Waals surface area contributed by atoms with Gasteiger partial charge >= 0.3 is 0 Å². The molecule has 1 heterocycles. The molecule has 29 heavy (non-hydrogen) atoms. The largest absolute Gasteiger partial charge is 0.330 e. The number of rotatable bonds is 7. The smallest absolute Gasteiger partial charge is 0.234 e. The molecule has 0 spiro atoms. The number of anilines is 4. The molecule has 0 aliphatic rings. The van der Waals surface area contributed by atoms with Crippen molar-refractivity contribution in [1.29, 1.82) is 0 Å². The van der Waals surface area contributed by atoms with Crippen molar-refractivity contribution in [3.8, 4) is 0 Å². The maximum absolute atomic E-state index is 12.2. The second-order valence-electron chi connectivity index (χ2n) is 6.01. The van der Waals surface area contributed by atoms with Crippen molar-refractivity contribution in [2.45, 2.75) is 18.2 Å². The van der Waals surface area contributed by atoms with Crippen LogP contribution in [0.4, 0.5) is 22.2 Å². The van der Waals surface area contributed by atoms with E-state index in [2.05, 4.69) is 26.1 Å². The SMILES string of the molecule is CC(=O)Nc1cccc(Nc2nnc(SCC(=O)Nc3cccc(Cl)c3C)s2)c1. The molecule has 10 heteroatoms. The molecule has 0 aliphatic heterocycles. The first kappa shape index (κ1) is 21.1. The van der Waals surface area contributed by atoms with E-state index in [0.29, 0.717) is 25.9 Å². The molecule has 0 saturated carbocycles. The highest BCUT2D eigenvalue weighted by Gasteiger charge is 2.11. The van der Waals surface area contributed by atoms with Gasteiger partial charge in [-0.05, 0) is 42.8 Å². The second-order valence-corrected chi connectivity index (χ2v) is 8.62. The van der Waals surface area contributed by atoms with Gasteiger partial charge < -0.3 is 16.0 Å². The first-order valence-electron chi connectivity index (χ1n) is 8.56. The van der Waals surface area contributed by atoms with Crippen LogP contribution in [0.1, 0.15) is 12.5 Å². The van der Waals surface area contributed by atoms with Crippen LogP contribution in [-0.4, -0.2) is 27.8 Å². The normalized spacial score (nSPS) is 10.4. The first-order valence-corrected chi connectivity index (χ1v) is 10.7. The Bertz CT molecular complexity index is 1040. The number of nitrogens with zero attached hydrogens (tertiary/aromatic N) is 2. The zero-order valence-electron chi connectivity index (χ0n) is 15.7. The van der Waals surface area contributed by atoms with Gasteiger partial charge in [0.1, 0.15) is 0 Å². The molecule has 0 saturated heterocycles. The molecule has 7 nitrogen and oxygen atoms in total. The fourth-order valence-electron chi connectivity index (χ4n) is 2.38. The standard InChI is InChI=1S/C19H18ClN5O2S2/c1-11-15(20)7-4-8-16(11)23-17(27)10-28-19-25-24-18(29-19)22-14-6-3-5-13(9-14)21-12(2)26/h3-9H,10H2,1-2H3,(H,21,26)(H,22,24)(H,23,27). The van der Waals surface area contributed by atoms with E-state index < -0.39 is 0 Å². The van der Waals surface area contributed by atoms with Crippen LogP contribution in [0.2, 0.25) is 5.02 Å². The third kappa shape index (κ3) is 6.18. The fourth-order valence-corrected chi connectivity index (χ4v) is 4.12. The molecule has 3 N–H and O–H groups in total. The van der Waals surface area contributed by atoms with E-state index in [4.69, 9.17) is 11.6 Å². The third-order valence-corrected chi connectivity index (χ3v) is 6.09. The van der Waals surface area contributed by atoms with Gasteiger partial charge in [0.15, 0.2) is 4.34 Å². The van der Waals surface area contributed by atoms with Gasteiger partial charge in [0.25, 0.3) is 0 Å². The lowest BCUT2D eigenvalue weighted by Gasteiger charge is -2.08. The van der Waals surface area contributed by atoms with Crippen molar-refractivity contribution in [1.82, 2.24) is 10.2 Å². The number of nitrogens with one attached hydrogen (secondary N) is 3. The van der Waals surface area contributed by atoms with Crippen molar-refractivity contribution in [3.05, 3.63) is 53.1 Å². The van der Waals surface area contributed by atoms with Gasteiger partial charge in [-0.1, -0.05) is 46.8 Å². The molecule has 0 atom stereocenters. The van der Waals surface area contributed by atoms with E-state index >= 15 is 0 Å². The van der Waals surface area contributed by atoms with E-state index in [0.717, 1.165) is 11.3 Å². The molecular formula is C19H18ClN5O2S2. The summed E-state index contributed by atoms with van der Waals surface area (Å²) in [6.45, 7) is 3.31. The monoisotopic (exact) mass is 447 g/mol. The quantitative estimate of drug-likeness (QED) is 0.444. The number of hydrogen-bond donors (Lipinski definition) is 3. The Morgan fingerprint density at radius 2 is 1.86 bits per heavy atom. The van der Waals surface area contributed by atoms with Gasteiger partial charge in [0.2, 0.25) is 16.9 Å². The van der Waals surface area contributed by atoms with Gasteiger partial charge in [-0.25, -0.2) is 0 Å². The predicted octanol–water partition coefficient (Wildman–Crippen LogP) is 4.93. The average Bonchev–Trinajstić information content (AvgIpc) is 3.11. The second kappa shape index (κ2) is 9.73. The van der Waals surface area contributed by atoms with Crippen LogP contribution in [0.5, 0.6) is 0 Å². The molecule has 0 aliphatic carbocycles. The van der Waals surface area contributed by atoms with Crippen LogP contribution < -0.4 is 16.0 Å². The van der Waals surface area contributed by atoms with Crippen molar-refractivity contribution in [3.63, 3.8) is 0 Å². The Morgan fingerprint density at radius 3 is 2.66 bits per heavy atom. The highest BCUT2D eigenvalue weighted by molar-refractivity contribution is 8.01.